The minimum Gasteiger partial charge on any atom is -0.492 e. The summed E-state index contributed by atoms with van der Waals surface area (Å²) in [5.74, 6) is -0.766. The lowest BCUT2D eigenvalue weighted by molar-refractivity contribution is -0.119. The second-order valence-electron chi connectivity index (χ2n) is 7.55. The Morgan fingerprint density at radius 1 is 0.882 bits per heavy atom. The molecule has 0 aliphatic carbocycles. The molecule has 0 unspecified atom stereocenters. The van der Waals surface area contributed by atoms with E-state index in [1.54, 1.807) is 42.5 Å². The third-order valence-corrected chi connectivity index (χ3v) is 5.35. The molecular formula is C27H24N2O5. The number of esters is 1. The van der Waals surface area contributed by atoms with Crippen LogP contribution in [0.4, 0.5) is 5.69 Å². The van der Waals surface area contributed by atoms with Gasteiger partial charge in [-0.3, -0.25) is 9.59 Å². The summed E-state index contributed by atoms with van der Waals surface area (Å²) in [4.78, 5) is 38.7. The zero-order valence-electron chi connectivity index (χ0n) is 18.9. The van der Waals surface area contributed by atoms with Gasteiger partial charge in [0.05, 0.1) is 12.3 Å². The van der Waals surface area contributed by atoms with E-state index in [9.17, 15) is 14.4 Å². The monoisotopic (exact) mass is 456 g/mol. The third-order valence-electron chi connectivity index (χ3n) is 5.35. The van der Waals surface area contributed by atoms with E-state index >= 15 is 0 Å². The number of hydrogen-bond acceptors (Lipinski definition) is 5. The molecule has 1 N–H and O–H groups in total. The molecule has 4 rings (SSSR count). The number of aromatic nitrogens is 1. The van der Waals surface area contributed by atoms with Crippen molar-refractivity contribution in [3.05, 3.63) is 94.9 Å². The second kappa shape index (κ2) is 10.0. The van der Waals surface area contributed by atoms with E-state index in [4.69, 9.17) is 9.47 Å². The van der Waals surface area contributed by atoms with Gasteiger partial charge in [0.1, 0.15) is 11.4 Å². The molecule has 1 aromatic heterocycles. The van der Waals surface area contributed by atoms with Crippen LogP contribution in [-0.2, 0) is 16.6 Å². The van der Waals surface area contributed by atoms with Gasteiger partial charge in [0.15, 0.2) is 6.61 Å². The van der Waals surface area contributed by atoms with E-state index in [1.807, 2.05) is 43.3 Å². The summed E-state index contributed by atoms with van der Waals surface area (Å²) >= 11 is 0. The number of carbonyl (C=O) groups excluding carboxylic acids is 2. The average Bonchev–Trinajstić information content (AvgIpc) is 2.86. The first-order valence-electron chi connectivity index (χ1n) is 10.9. The van der Waals surface area contributed by atoms with Crippen LogP contribution >= 0.6 is 0 Å². The minimum atomic E-state index is -0.766. The Kier molecular flexibility index (Phi) is 6.73. The molecule has 172 valence electrons. The molecule has 0 saturated heterocycles. The lowest BCUT2D eigenvalue weighted by Crippen LogP contribution is -2.28. The Balaban J connectivity index is 1.65. The highest BCUT2D eigenvalue weighted by atomic mass is 16.5. The lowest BCUT2D eigenvalue weighted by atomic mass is 9.97. The molecule has 0 fully saturated rings. The number of carbonyl (C=O) groups is 2. The molecule has 0 radical (unpaired) electrons. The molecule has 7 heteroatoms. The van der Waals surface area contributed by atoms with Gasteiger partial charge in [-0.25, -0.2) is 4.79 Å². The SMILES string of the molecule is CCOc1ccccc1NC(=O)COC(=O)c1c(-c2ccccc2)c2ccccc2c(=O)n1C. The molecule has 4 aromatic rings. The van der Waals surface area contributed by atoms with Crippen molar-refractivity contribution < 1.29 is 19.1 Å². The van der Waals surface area contributed by atoms with Crippen molar-refractivity contribution in [3.8, 4) is 16.9 Å². The molecule has 0 aliphatic rings. The zero-order chi connectivity index (χ0) is 24.1. The van der Waals surface area contributed by atoms with Crippen LogP contribution in [0.5, 0.6) is 5.75 Å². The number of nitrogens with zero attached hydrogens (tertiary/aromatic N) is 1. The molecule has 0 atom stereocenters. The van der Waals surface area contributed by atoms with Crippen LogP contribution in [0.15, 0.2) is 83.7 Å². The Labute approximate surface area is 196 Å². The van der Waals surface area contributed by atoms with Crippen LogP contribution < -0.4 is 15.6 Å². The first-order valence-corrected chi connectivity index (χ1v) is 10.9. The maximum absolute atomic E-state index is 13.2. The summed E-state index contributed by atoms with van der Waals surface area (Å²) in [5, 5.41) is 3.82. The van der Waals surface area contributed by atoms with Crippen molar-refractivity contribution in [2.75, 3.05) is 18.5 Å². The Bertz CT molecular complexity index is 1410. The first-order chi connectivity index (χ1) is 16.5. The highest BCUT2D eigenvalue weighted by molar-refractivity contribution is 6.07. The largest absolute Gasteiger partial charge is 0.492 e. The topological polar surface area (TPSA) is 86.6 Å². The van der Waals surface area contributed by atoms with Crippen LogP contribution in [0.3, 0.4) is 0 Å². The van der Waals surface area contributed by atoms with Crippen molar-refractivity contribution in [1.82, 2.24) is 4.57 Å². The van der Waals surface area contributed by atoms with Crippen LogP contribution in [0, 0.1) is 0 Å². The van der Waals surface area contributed by atoms with Gasteiger partial charge in [0, 0.05) is 18.0 Å². The number of para-hydroxylation sites is 2. The van der Waals surface area contributed by atoms with Gasteiger partial charge in [0.25, 0.3) is 11.5 Å². The number of hydrogen-bond donors (Lipinski definition) is 1. The van der Waals surface area contributed by atoms with E-state index in [0.29, 0.717) is 34.4 Å². The molecule has 0 saturated carbocycles. The smallest absolute Gasteiger partial charge is 0.356 e. The second-order valence-corrected chi connectivity index (χ2v) is 7.55. The van der Waals surface area contributed by atoms with Crippen molar-refractivity contribution in [1.29, 1.82) is 0 Å². The molecule has 3 aromatic carbocycles. The van der Waals surface area contributed by atoms with E-state index in [-0.39, 0.29) is 11.3 Å². The minimum absolute atomic E-state index is 0.0809. The highest BCUT2D eigenvalue weighted by Crippen LogP contribution is 2.31. The first kappa shape index (κ1) is 22.8. The summed E-state index contributed by atoms with van der Waals surface area (Å²) in [5.41, 5.74) is 1.57. The maximum Gasteiger partial charge on any atom is 0.356 e. The normalized spacial score (nSPS) is 10.6. The van der Waals surface area contributed by atoms with Gasteiger partial charge >= 0.3 is 5.97 Å². The fourth-order valence-corrected chi connectivity index (χ4v) is 3.84. The van der Waals surface area contributed by atoms with Crippen LogP contribution in [0.1, 0.15) is 17.4 Å². The molecule has 7 nitrogen and oxygen atoms in total. The molecule has 1 heterocycles. The van der Waals surface area contributed by atoms with E-state index in [0.717, 1.165) is 5.56 Å². The standard InChI is InChI=1S/C27H24N2O5/c1-3-33-22-16-10-9-15-21(22)28-23(30)17-34-27(32)25-24(18-11-5-4-6-12-18)19-13-7-8-14-20(19)26(31)29(25)2/h4-16H,3,17H2,1-2H3,(H,28,30). The van der Waals surface area contributed by atoms with E-state index < -0.39 is 18.5 Å². The number of fused-ring (bicyclic) bond motifs is 1. The summed E-state index contributed by atoms with van der Waals surface area (Å²) in [6.45, 7) is 1.77. The number of rotatable bonds is 7. The number of anilines is 1. The van der Waals surface area contributed by atoms with E-state index in [1.165, 1.54) is 11.6 Å². The molecular weight excluding hydrogens is 432 g/mol. The number of ether oxygens (including phenoxy) is 2. The van der Waals surface area contributed by atoms with E-state index in [2.05, 4.69) is 5.32 Å². The molecule has 1 amide bonds. The van der Waals surface area contributed by atoms with Crippen LogP contribution in [-0.4, -0.2) is 29.7 Å². The predicted octanol–water partition coefficient (Wildman–Crippen LogP) is 4.40. The molecule has 0 spiro atoms. The van der Waals surface area contributed by atoms with Gasteiger partial charge in [0.2, 0.25) is 0 Å². The third kappa shape index (κ3) is 4.54. The lowest BCUT2D eigenvalue weighted by Gasteiger charge is -2.17. The fourth-order valence-electron chi connectivity index (χ4n) is 3.84. The number of amides is 1. The maximum atomic E-state index is 13.2. The number of nitrogens with one attached hydrogen (secondary N) is 1. The van der Waals surface area contributed by atoms with Crippen molar-refractivity contribution in [2.24, 2.45) is 7.05 Å². The van der Waals surface area contributed by atoms with Crippen molar-refractivity contribution in [3.63, 3.8) is 0 Å². The quantitative estimate of drug-likeness (QED) is 0.417. The summed E-state index contributed by atoms with van der Waals surface area (Å²) < 4.78 is 12.1. The van der Waals surface area contributed by atoms with Crippen molar-refractivity contribution >= 4 is 28.3 Å². The van der Waals surface area contributed by atoms with Crippen LogP contribution in [0.2, 0.25) is 0 Å². The Morgan fingerprint density at radius 3 is 2.26 bits per heavy atom. The van der Waals surface area contributed by atoms with Gasteiger partial charge in [-0.2, -0.15) is 0 Å². The number of benzene rings is 3. The van der Waals surface area contributed by atoms with Crippen LogP contribution in [0.25, 0.3) is 21.9 Å². The van der Waals surface area contributed by atoms with Gasteiger partial charge in [-0.1, -0.05) is 60.7 Å². The van der Waals surface area contributed by atoms with Gasteiger partial charge in [-0.05, 0) is 36.1 Å². The molecule has 0 aliphatic heterocycles. The Morgan fingerprint density at radius 2 is 1.53 bits per heavy atom. The summed E-state index contributed by atoms with van der Waals surface area (Å²) in [7, 11) is 1.52. The highest BCUT2D eigenvalue weighted by Gasteiger charge is 2.23. The predicted molar refractivity (Wildman–Crippen MR) is 131 cm³/mol. The van der Waals surface area contributed by atoms with Gasteiger partial charge in [-0.15, -0.1) is 0 Å². The molecule has 34 heavy (non-hydrogen) atoms. The van der Waals surface area contributed by atoms with Gasteiger partial charge < -0.3 is 19.4 Å². The zero-order valence-corrected chi connectivity index (χ0v) is 18.9. The average molecular weight is 456 g/mol. The van der Waals surface area contributed by atoms with Crippen molar-refractivity contribution in [2.45, 2.75) is 6.92 Å². The Hall–Kier alpha value is -4.39. The number of pyridine rings is 1. The summed E-state index contributed by atoms with van der Waals surface area (Å²) in [6, 6.07) is 23.4. The molecule has 0 bridgehead atoms. The fraction of sp³-hybridized carbons (Fsp3) is 0.148. The summed E-state index contributed by atoms with van der Waals surface area (Å²) in [6.07, 6.45) is 0.